The number of anilines is 2. The zero-order valence-electron chi connectivity index (χ0n) is 19.1. The van der Waals surface area contributed by atoms with Gasteiger partial charge in [0.15, 0.2) is 11.5 Å². The van der Waals surface area contributed by atoms with Crippen LogP contribution in [0.3, 0.4) is 0 Å². The van der Waals surface area contributed by atoms with E-state index in [0.717, 1.165) is 33.9 Å². The Balaban J connectivity index is 1.58. The van der Waals surface area contributed by atoms with Crippen LogP contribution in [0.4, 0.5) is 20.2 Å². The van der Waals surface area contributed by atoms with Gasteiger partial charge in [-0.05, 0) is 77.6 Å². The molecule has 6 heteroatoms. The van der Waals surface area contributed by atoms with Crippen LogP contribution >= 0.6 is 11.6 Å². The molecule has 3 nitrogen and oxygen atoms in total. The van der Waals surface area contributed by atoms with Gasteiger partial charge < -0.3 is 14.8 Å². The molecule has 0 saturated heterocycles. The molecule has 4 aromatic rings. The Kier molecular flexibility index (Phi) is 7.03. The Morgan fingerprint density at radius 3 is 2.21 bits per heavy atom. The summed E-state index contributed by atoms with van der Waals surface area (Å²) in [5, 5.41) is 3.50. The van der Waals surface area contributed by atoms with E-state index >= 15 is 0 Å². The highest BCUT2D eigenvalue weighted by Gasteiger charge is 2.11. The van der Waals surface area contributed by atoms with E-state index in [4.69, 9.17) is 21.1 Å². The first-order chi connectivity index (χ1) is 16.4. The third kappa shape index (κ3) is 5.15. The molecule has 34 heavy (non-hydrogen) atoms. The van der Waals surface area contributed by atoms with Crippen molar-refractivity contribution in [3.8, 4) is 22.6 Å². The maximum Gasteiger partial charge on any atom is 0.161 e. The van der Waals surface area contributed by atoms with Crippen molar-refractivity contribution in [1.29, 1.82) is 0 Å². The zero-order valence-corrected chi connectivity index (χ0v) is 19.8. The Morgan fingerprint density at radius 1 is 0.765 bits per heavy atom. The van der Waals surface area contributed by atoms with Gasteiger partial charge in [0, 0.05) is 16.8 Å². The second-order valence-corrected chi connectivity index (χ2v) is 8.35. The van der Waals surface area contributed by atoms with Crippen molar-refractivity contribution >= 4 is 23.0 Å². The molecule has 0 spiro atoms. The fourth-order valence-corrected chi connectivity index (χ4v) is 4.02. The second-order valence-electron chi connectivity index (χ2n) is 7.94. The van der Waals surface area contributed by atoms with Crippen LogP contribution in [0, 0.1) is 18.6 Å². The number of benzene rings is 4. The molecule has 0 saturated carbocycles. The van der Waals surface area contributed by atoms with Crippen LogP contribution in [-0.4, -0.2) is 14.2 Å². The highest BCUT2D eigenvalue weighted by Crippen LogP contribution is 2.34. The minimum atomic E-state index is -0.664. The summed E-state index contributed by atoms with van der Waals surface area (Å²) in [7, 11) is 3.23. The predicted molar refractivity (Wildman–Crippen MR) is 134 cm³/mol. The summed E-state index contributed by atoms with van der Waals surface area (Å²) in [6, 6.07) is 21.0. The van der Waals surface area contributed by atoms with Crippen molar-refractivity contribution in [1.82, 2.24) is 0 Å². The molecule has 0 unspecified atom stereocenters. The molecule has 0 bridgehead atoms. The molecule has 0 atom stereocenters. The second kappa shape index (κ2) is 10.1. The van der Waals surface area contributed by atoms with E-state index in [-0.39, 0.29) is 5.69 Å². The normalized spacial score (nSPS) is 10.8. The first kappa shape index (κ1) is 23.6. The van der Waals surface area contributed by atoms with Crippen molar-refractivity contribution in [2.75, 3.05) is 19.5 Å². The molecular formula is C28H24ClF2NO2. The van der Waals surface area contributed by atoms with E-state index in [0.29, 0.717) is 28.6 Å². The number of rotatable bonds is 7. The average molecular weight is 480 g/mol. The Hall–Kier alpha value is -3.57. The van der Waals surface area contributed by atoms with E-state index in [1.165, 1.54) is 12.1 Å². The van der Waals surface area contributed by atoms with Crippen molar-refractivity contribution in [3.63, 3.8) is 0 Å². The first-order valence-corrected chi connectivity index (χ1v) is 11.1. The van der Waals surface area contributed by atoms with Crippen LogP contribution in [0.15, 0.2) is 72.8 Å². The molecule has 0 radical (unpaired) electrons. The maximum atomic E-state index is 14.0. The lowest BCUT2D eigenvalue weighted by molar-refractivity contribution is 0.355. The monoisotopic (exact) mass is 479 g/mol. The summed E-state index contributed by atoms with van der Waals surface area (Å²) < 4.78 is 37.9. The number of nitrogens with one attached hydrogen (secondary N) is 1. The van der Waals surface area contributed by atoms with Crippen LogP contribution in [-0.2, 0) is 6.42 Å². The fourth-order valence-electron chi connectivity index (χ4n) is 3.78. The van der Waals surface area contributed by atoms with Gasteiger partial charge in [-0.2, -0.15) is 0 Å². The third-order valence-electron chi connectivity index (χ3n) is 5.71. The molecule has 0 amide bonds. The average Bonchev–Trinajstić information content (AvgIpc) is 2.83. The molecule has 1 N–H and O–H groups in total. The standard InChI is InChI=1S/C28H24ClF2NO2/c1-17-4-5-18(19-7-11-27(33-2)28(14-19)34-3)12-21(17)13-20-6-9-23(16-24(20)29)32-26-10-8-22(30)15-25(26)31/h4-12,14-16,32H,13H2,1-3H3. The number of methoxy groups -OCH3 is 2. The van der Waals surface area contributed by atoms with Crippen LogP contribution in [0.5, 0.6) is 11.5 Å². The van der Waals surface area contributed by atoms with Gasteiger partial charge >= 0.3 is 0 Å². The van der Waals surface area contributed by atoms with Gasteiger partial charge in [-0.1, -0.05) is 41.9 Å². The highest BCUT2D eigenvalue weighted by atomic mass is 35.5. The summed E-state index contributed by atoms with van der Waals surface area (Å²) in [6.07, 6.45) is 0.636. The van der Waals surface area contributed by atoms with Gasteiger partial charge in [0.1, 0.15) is 11.6 Å². The van der Waals surface area contributed by atoms with Crippen LogP contribution < -0.4 is 14.8 Å². The van der Waals surface area contributed by atoms with E-state index in [2.05, 4.69) is 30.4 Å². The number of hydrogen-bond donors (Lipinski definition) is 1. The van der Waals surface area contributed by atoms with Gasteiger partial charge in [0.25, 0.3) is 0 Å². The van der Waals surface area contributed by atoms with Gasteiger partial charge in [-0.25, -0.2) is 8.78 Å². The summed E-state index contributed by atoms with van der Waals surface area (Å²) in [4.78, 5) is 0. The van der Waals surface area contributed by atoms with E-state index in [9.17, 15) is 8.78 Å². The molecular weight excluding hydrogens is 456 g/mol. The van der Waals surface area contributed by atoms with Crippen molar-refractivity contribution in [3.05, 3.63) is 106 Å². The van der Waals surface area contributed by atoms with Crippen LogP contribution in [0.25, 0.3) is 11.1 Å². The van der Waals surface area contributed by atoms with Crippen molar-refractivity contribution in [2.24, 2.45) is 0 Å². The van der Waals surface area contributed by atoms with Gasteiger partial charge in [0.2, 0.25) is 0 Å². The van der Waals surface area contributed by atoms with Gasteiger partial charge in [0.05, 0.1) is 19.9 Å². The zero-order chi connectivity index (χ0) is 24.2. The largest absolute Gasteiger partial charge is 0.493 e. The Bertz CT molecular complexity index is 1340. The maximum absolute atomic E-state index is 14.0. The van der Waals surface area contributed by atoms with E-state index in [1.807, 2.05) is 30.3 Å². The number of hydrogen-bond acceptors (Lipinski definition) is 3. The minimum absolute atomic E-state index is 0.184. The quantitative estimate of drug-likeness (QED) is 0.292. The summed E-state index contributed by atoms with van der Waals surface area (Å²) in [5.41, 5.74) is 6.11. The van der Waals surface area contributed by atoms with Crippen molar-refractivity contribution < 1.29 is 18.3 Å². The number of halogens is 3. The van der Waals surface area contributed by atoms with Crippen LogP contribution in [0.1, 0.15) is 16.7 Å². The molecule has 0 aliphatic rings. The van der Waals surface area contributed by atoms with E-state index in [1.54, 1.807) is 20.3 Å². The Morgan fingerprint density at radius 2 is 1.50 bits per heavy atom. The molecule has 174 valence electrons. The van der Waals surface area contributed by atoms with E-state index < -0.39 is 11.6 Å². The lowest BCUT2D eigenvalue weighted by atomic mass is 9.95. The first-order valence-electron chi connectivity index (χ1n) is 10.7. The lowest BCUT2D eigenvalue weighted by Gasteiger charge is -2.14. The molecule has 4 aromatic carbocycles. The molecule has 0 aliphatic heterocycles. The third-order valence-corrected chi connectivity index (χ3v) is 6.06. The van der Waals surface area contributed by atoms with Crippen molar-refractivity contribution in [2.45, 2.75) is 13.3 Å². The molecule has 0 aliphatic carbocycles. The topological polar surface area (TPSA) is 30.5 Å². The summed E-state index contributed by atoms with van der Waals surface area (Å²) in [6.45, 7) is 2.06. The van der Waals surface area contributed by atoms with Crippen LogP contribution in [0.2, 0.25) is 5.02 Å². The lowest BCUT2D eigenvalue weighted by Crippen LogP contribution is -1.97. The smallest absolute Gasteiger partial charge is 0.161 e. The summed E-state index contributed by atoms with van der Waals surface area (Å²) >= 11 is 6.57. The SMILES string of the molecule is COc1ccc(-c2ccc(C)c(Cc3ccc(Nc4ccc(F)cc4F)cc3Cl)c2)cc1OC. The van der Waals surface area contributed by atoms with Gasteiger partial charge in [-0.15, -0.1) is 0 Å². The molecule has 0 fully saturated rings. The number of aryl methyl sites for hydroxylation is 1. The Labute approximate surface area is 202 Å². The highest BCUT2D eigenvalue weighted by molar-refractivity contribution is 6.31. The number of ether oxygens (including phenoxy) is 2. The predicted octanol–water partition coefficient (Wildman–Crippen LogP) is 7.95. The molecule has 0 heterocycles. The molecule has 0 aromatic heterocycles. The van der Waals surface area contributed by atoms with Gasteiger partial charge in [-0.3, -0.25) is 0 Å². The molecule has 4 rings (SSSR count). The summed E-state index contributed by atoms with van der Waals surface area (Å²) in [5.74, 6) is 0.0651. The minimum Gasteiger partial charge on any atom is -0.493 e. The fraction of sp³-hybridized carbons (Fsp3) is 0.143.